The smallest absolute Gasteiger partial charge is 0.118 e. The van der Waals surface area contributed by atoms with Crippen LogP contribution in [0.5, 0.6) is 5.75 Å². The van der Waals surface area contributed by atoms with E-state index in [0.717, 1.165) is 12.2 Å². The Morgan fingerprint density at radius 2 is 1.94 bits per heavy atom. The summed E-state index contributed by atoms with van der Waals surface area (Å²) in [6.45, 7) is 4.48. The zero-order valence-electron chi connectivity index (χ0n) is 10.5. The van der Waals surface area contributed by atoms with E-state index < -0.39 is 0 Å². The fourth-order valence-electron chi connectivity index (χ4n) is 1.72. The van der Waals surface area contributed by atoms with E-state index in [2.05, 4.69) is 31.3 Å². The summed E-state index contributed by atoms with van der Waals surface area (Å²) >= 11 is 1.90. The van der Waals surface area contributed by atoms with Gasteiger partial charge in [-0.25, -0.2) is 0 Å². The van der Waals surface area contributed by atoms with Crippen LogP contribution in [0, 0.1) is 0 Å². The first-order valence-corrected chi connectivity index (χ1v) is 6.57. The van der Waals surface area contributed by atoms with Gasteiger partial charge in [-0.2, -0.15) is 0 Å². The van der Waals surface area contributed by atoms with E-state index in [4.69, 9.17) is 4.74 Å². The number of methoxy groups -OCH3 is 1. The van der Waals surface area contributed by atoms with Gasteiger partial charge in [-0.3, -0.25) is 0 Å². The molecular weight excluding hydrogens is 218 g/mol. The highest BCUT2D eigenvalue weighted by molar-refractivity contribution is 8.00. The van der Waals surface area contributed by atoms with Crippen LogP contribution in [-0.2, 0) is 0 Å². The van der Waals surface area contributed by atoms with Crippen molar-refractivity contribution in [2.24, 2.45) is 0 Å². The maximum Gasteiger partial charge on any atom is 0.118 e. The number of nitrogens with one attached hydrogen (secondary N) is 1. The molecule has 3 heteroatoms. The van der Waals surface area contributed by atoms with Gasteiger partial charge in [0, 0.05) is 16.2 Å². The van der Waals surface area contributed by atoms with E-state index in [0.29, 0.717) is 11.3 Å². The quantitative estimate of drug-likeness (QED) is 0.770. The molecule has 2 nitrogen and oxygen atoms in total. The Balaban J connectivity index is 2.58. The third-order valence-corrected chi connectivity index (χ3v) is 4.00. The highest BCUT2D eigenvalue weighted by Crippen LogP contribution is 2.27. The molecule has 0 aliphatic heterocycles. The summed E-state index contributed by atoms with van der Waals surface area (Å²) in [5.41, 5.74) is 0. The summed E-state index contributed by atoms with van der Waals surface area (Å²) < 4.78 is 5.14. The minimum atomic E-state index is 0.562. The molecule has 1 rings (SSSR count). The molecule has 1 aromatic carbocycles. The molecule has 0 fully saturated rings. The zero-order chi connectivity index (χ0) is 12.0. The highest BCUT2D eigenvalue weighted by Gasteiger charge is 2.14. The summed E-state index contributed by atoms with van der Waals surface area (Å²) in [6, 6.07) is 8.81. The molecule has 1 N–H and O–H groups in total. The SMILES string of the molecule is CCC(NC)C(C)Sc1ccc(OC)cc1. The minimum absolute atomic E-state index is 0.562. The predicted molar refractivity (Wildman–Crippen MR) is 71.5 cm³/mol. The van der Waals surface area contributed by atoms with Crippen molar-refractivity contribution in [3.63, 3.8) is 0 Å². The Kier molecular flexibility index (Phi) is 5.71. The van der Waals surface area contributed by atoms with Gasteiger partial charge in [0.2, 0.25) is 0 Å². The Hall–Kier alpha value is -0.670. The van der Waals surface area contributed by atoms with Crippen molar-refractivity contribution in [3.8, 4) is 5.75 Å². The molecule has 0 heterocycles. The van der Waals surface area contributed by atoms with Crippen molar-refractivity contribution in [1.82, 2.24) is 5.32 Å². The zero-order valence-corrected chi connectivity index (χ0v) is 11.3. The van der Waals surface area contributed by atoms with Crippen LogP contribution in [0.4, 0.5) is 0 Å². The number of ether oxygens (including phenoxy) is 1. The van der Waals surface area contributed by atoms with Crippen LogP contribution in [0.3, 0.4) is 0 Å². The monoisotopic (exact) mass is 239 g/mol. The van der Waals surface area contributed by atoms with Crippen LogP contribution in [-0.4, -0.2) is 25.4 Å². The number of hydrogen-bond acceptors (Lipinski definition) is 3. The third-order valence-electron chi connectivity index (χ3n) is 2.76. The molecule has 0 radical (unpaired) electrons. The van der Waals surface area contributed by atoms with Gasteiger partial charge in [0.15, 0.2) is 0 Å². The van der Waals surface area contributed by atoms with Crippen LogP contribution in [0.25, 0.3) is 0 Å². The van der Waals surface area contributed by atoms with Crippen LogP contribution < -0.4 is 10.1 Å². The predicted octanol–water partition coefficient (Wildman–Crippen LogP) is 3.17. The van der Waals surface area contributed by atoms with Crippen molar-refractivity contribution in [2.75, 3.05) is 14.2 Å². The normalized spacial score (nSPS) is 14.5. The molecule has 0 aliphatic rings. The van der Waals surface area contributed by atoms with E-state index in [1.807, 2.05) is 30.9 Å². The summed E-state index contributed by atoms with van der Waals surface area (Å²) in [6.07, 6.45) is 1.15. The highest BCUT2D eigenvalue weighted by atomic mass is 32.2. The van der Waals surface area contributed by atoms with E-state index in [-0.39, 0.29) is 0 Å². The molecule has 0 aromatic heterocycles. The van der Waals surface area contributed by atoms with E-state index in [1.165, 1.54) is 4.90 Å². The number of rotatable bonds is 6. The molecular formula is C13H21NOS. The second kappa shape index (κ2) is 6.81. The third kappa shape index (κ3) is 3.72. The van der Waals surface area contributed by atoms with Gasteiger partial charge in [0.1, 0.15) is 5.75 Å². The second-order valence-corrected chi connectivity index (χ2v) is 5.25. The van der Waals surface area contributed by atoms with Crippen molar-refractivity contribution >= 4 is 11.8 Å². The molecule has 0 bridgehead atoms. The van der Waals surface area contributed by atoms with E-state index in [1.54, 1.807) is 7.11 Å². The van der Waals surface area contributed by atoms with Gasteiger partial charge < -0.3 is 10.1 Å². The van der Waals surface area contributed by atoms with Crippen LogP contribution in [0.1, 0.15) is 20.3 Å². The van der Waals surface area contributed by atoms with Gasteiger partial charge in [-0.15, -0.1) is 11.8 Å². The van der Waals surface area contributed by atoms with Crippen LogP contribution in [0.15, 0.2) is 29.2 Å². The molecule has 0 spiro atoms. The van der Waals surface area contributed by atoms with Gasteiger partial charge in [0.05, 0.1) is 7.11 Å². The molecule has 0 aliphatic carbocycles. The lowest BCUT2D eigenvalue weighted by Crippen LogP contribution is -2.33. The van der Waals surface area contributed by atoms with Gasteiger partial charge in [-0.05, 0) is 37.7 Å². The number of thioether (sulfide) groups is 1. The molecule has 90 valence electrons. The first-order valence-electron chi connectivity index (χ1n) is 5.69. The van der Waals surface area contributed by atoms with Gasteiger partial charge >= 0.3 is 0 Å². The molecule has 0 saturated carbocycles. The lowest BCUT2D eigenvalue weighted by molar-refractivity contribution is 0.414. The number of hydrogen-bond donors (Lipinski definition) is 1. The maximum atomic E-state index is 5.14. The van der Waals surface area contributed by atoms with Crippen molar-refractivity contribution in [1.29, 1.82) is 0 Å². The summed E-state index contributed by atoms with van der Waals surface area (Å²) in [5.74, 6) is 0.915. The maximum absolute atomic E-state index is 5.14. The Bertz CT molecular complexity index is 295. The van der Waals surface area contributed by atoms with Crippen molar-refractivity contribution in [2.45, 2.75) is 36.5 Å². The topological polar surface area (TPSA) is 21.3 Å². The van der Waals surface area contributed by atoms with E-state index >= 15 is 0 Å². The molecule has 1 aromatic rings. The summed E-state index contributed by atoms with van der Waals surface area (Å²) in [7, 11) is 3.72. The molecule has 16 heavy (non-hydrogen) atoms. The molecule has 0 saturated heterocycles. The average Bonchev–Trinajstić information content (AvgIpc) is 2.31. The fraction of sp³-hybridized carbons (Fsp3) is 0.538. The molecule has 2 unspecified atom stereocenters. The summed E-state index contributed by atoms with van der Waals surface area (Å²) in [5, 5.41) is 3.92. The standard InChI is InChI=1S/C13H21NOS/c1-5-13(14-3)10(2)16-12-8-6-11(15-4)7-9-12/h6-10,13-14H,5H2,1-4H3. The molecule has 2 atom stereocenters. The first-order chi connectivity index (χ1) is 7.71. The largest absolute Gasteiger partial charge is 0.497 e. The lowest BCUT2D eigenvalue weighted by atomic mass is 10.2. The fourth-order valence-corrected chi connectivity index (χ4v) is 2.94. The summed E-state index contributed by atoms with van der Waals surface area (Å²) in [4.78, 5) is 1.29. The Labute approximate surface area is 103 Å². The van der Waals surface area contributed by atoms with Crippen LogP contribution in [0.2, 0.25) is 0 Å². The molecule has 0 amide bonds. The second-order valence-electron chi connectivity index (χ2n) is 3.80. The van der Waals surface area contributed by atoms with Gasteiger partial charge in [0.25, 0.3) is 0 Å². The first kappa shape index (κ1) is 13.4. The Morgan fingerprint density at radius 3 is 2.38 bits per heavy atom. The Morgan fingerprint density at radius 1 is 1.31 bits per heavy atom. The van der Waals surface area contributed by atoms with Crippen molar-refractivity contribution < 1.29 is 4.74 Å². The van der Waals surface area contributed by atoms with E-state index in [9.17, 15) is 0 Å². The van der Waals surface area contributed by atoms with Crippen LogP contribution >= 0.6 is 11.8 Å². The minimum Gasteiger partial charge on any atom is -0.497 e. The lowest BCUT2D eigenvalue weighted by Gasteiger charge is -2.21. The van der Waals surface area contributed by atoms with Gasteiger partial charge in [-0.1, -0.05) is 13.8 Å². The average molecular weight is 239 g/mol. The van der Waals surface area contributed by atoms with Crippen molar-refractivity contribution in [3.05, 3.63) is 24.3 Å². The number of benzene rings is 1.